The molecule has 0 aliphatic rings. The largest absolute Gasteiger partial charge is 0.387 e. The first-order chi connectivity index (χ1) is 11.6. The number of amides is 2. The molecule has 6 heteroatoms. The van der Waals surface area contributed by atoms with Gasteiger partial charge in [0.2, 0.25) is 0 Å². The summed E-state index contributed by atoms with van der Waals surface area (Å²) in [5.74, 6) is 0. The second kappa shape index (κ2) is 9.27. The van der Waals surface area contributed by atoms with E-state index in [1.54, 1.807) is 31.4 Å². The van der Waals surface area contributed by atoms with E-state index in [-0.39, 0.29) is 12.6 Å². The maximum Gasteiger partial charge on any atom is 0.315 e. The van der Waals surface area contributed by atoms with Gasteiger partial charge in [0.05, 0.1) is 12.7 Å². The Morgan fingerprint density at radius 2 is 1.79 bits per heavy atom. The third-order valence-electron chi connectivity index (χ3n) is 3.58. The van der Waals surface area contributed by atoms with E-state index in [0.29, 0.717) is 23.7 Å². The van der Waals surface area contributed by atoms with Gasteiger partial charge in [0, 0.05) is 30.8 Å². The monoisotopic (exact) mass is 348 g/mol. The summed E-state index contributed by atoms with van der Waals surface area (Å²) in [4.78, 5) is 11.9. The second-order valence-corrected chi connectivity index (χ2v) is 5.71. The number of carbonyl (C=O) groups excluding carboxylic acids is 1. The van der Waals surface area contributed by atoms with Crippen molar-refractivity contribution in [1.82, 2.24) is 10.6 Å². The van der Waals surface area contributed by atoms with Crippen LogP contribution in [0.3, 0.4) is 0 Å². The summed E-state index contributed by atoms with van der Waals surface area (Å²) in [7, 11) is 1.63. The molecule has 0 radical (unpaired) electrons. The maximum absolute atomic E-state index is 11.9. The molecule has 1 unspecified atom stereocenters. The van der Waals surface area contributed by atoms with E-state index < -0.39 is 6.10 Å². The second-order valence-electron chi connectivity index (χ2n) is 5.30. The number of hydrogen-bond donors (Lipinski definition) is 3. The normalized spacial score (nSPS) is 11.8. The molecule has 0 saturated carbocycles. The number of benzene rings is 2. The molecule has 128 valence electrons. The van der Waals surface area contributed by atoms with E-state index in [4.69, 9.17) is 16.3 Å². The number of ether oxygens (including phenoxy) is 1. The molecular formula is C18H21ClN2O3. The average molecular weight is 349 g/mol. The number of carbonyl (C=O) groups is 1. The van der Waals surface area contributed by atoms with Gasteiger partial charge in [0.25, 0.3) is 0 Å². The van der Waals surface area contributed by atoms with Crippen molar-refractivity contribution in [2.45, 2.75) is 19.3 Å². The molecule has 2 aromatic rings. The highest BCUT2D eigenvalue weighted by Gasteiger charge is 2.12. The van der Waals surface area contributed by atoms with E-state index in [1.807, 2.05) is 24.3 Å². The molecule has 3 N–H and O–H groups in total. The molecule has 0 fully saturated rings. The van der Waals surface area contributed by atoms with Crippen molar-refractivity contribution in [2.24, 2.45) is 0 Å². The van der Waals surface area contributed by atoms with Gasteiger partial charge in [0.1, 0.15) is 0 Å². The zero-order valence-electron chi connectivity index (χ0n) is 13.5. The van der Waals surface area contributed by atoms with Crippen LogP contribution in [0.5, 0.6) is 0 Å². The average Bonchev–Trinajstić information content (AvgIpc) is 2.59. The minimum Gasteiger partial charge on any atom is -0.387 e. The van der Waals surface area contributed by atoms with Crippen molar-refractivity contribution < 1.29 is 14.6 Å². The van der Waals surface area contributed by atoms with E-state index >= 15 is 0 Å². The Morgan fingerprint density at radius 3 is 2.50 bits per heavy atom. The predicted octanol–water partition coefficient (Wildman–Crippen LogP) is 3.02. The molecule has 0 aromatic heterocycles. The third-order valence-corrected chi connectivity index (χ3v) is 3.92. The molecule has 5 nitrogen and oxygen atoms in total. The lowest BCUT2D eigenvalue weighted by Crippen LogP contribution is -2.37. The topological polar surface area (TPSA) is 70.6 Å². The van der Waals surface area contributed by atoms with Crippen molar-refractivity contribution in [2.75, 3.05) is 13.7 Å². The number of aliphatic hydroxyl groups excluding tert-OH is 1. The van der Waals surface area contributed by atoms with Crippen molar-refractivity contribution in [3.63, 3.8) is 0 Å². The van der Waals surface area contributed by atoms with Gasteiger partial charge in [-0.15, -0.1) is 0 Å². The Kier molecular flexibility index (Phi) is 7.06. The summed E-state index contributed by atoms with van der Waals surface area (Å²) in [6.45, 7) is 0.952. The Hall–Kier alpha value is -2.08. The summed E-state index contributed by atoms with van der Waals surface area (Å²) in [6.07, 6.45) is -0.856. The summed E-state index contributed by atoms with van der Waals surface area (Å²) < 4.78 is 5.14. The van der Waals surface area contributed by atoms with Gasteiger partial charge in [-0.1, -0.05) is 54.1 Å². The summed E-state index contributed by atoms with van der Waals surface area (Å²) >= 11 is 6.02. The Morgan fingerprint density at radius 1 is 1.12 bits per heavy atom. The van der Waals surface area contributed by atoms with E-state index in [1.165, 1.54) is 0 Å². The molecule has 0 saturated heterocycles. The fraction of sp³-hybridized carbons (Fsp3) is 0.278. The van der Waals surface area contributed by atoms with E-state index in [0.717, 1.165) is 11.1 Å². The molecule has 0 bridgehead atoms. The van der Waals surface area contributed by atoms with Gasteiger partial charge < -0.3 is 20.5 Å². The van der Waals surface area contributed by atoms with Crippen LogP contribution in [-0.2, 0) is 17.9 Å². The van der Waals surface area contributed by atoms with Crippen molar-refractivity contribution >= 4 is 17.6 Å². The zero-order valence-corrected chi connectivity index (χ0v) is 14.2. The van der Waals surface area contributed by atoms with Gasteiger partial charge in [0.15, 0.2) is 0 Å². The number of halogens is 1. The molecule has 0 heterocycles. The maximum atomic E-state index is 11.9. The first-order valence-electron chi connectivity index (χ1n) is 7.61. The van der Waals surface area contributed by atoms with Crippen LogP contribution in [0.2, 0.25) is 5.02 Å². The van der Waals surface area contributed by atoms with Crippen LogP contribution >= 0.6 is 11.6 Å². The van der Waals surface area contributed by atoms with Crippen molar-refractivity contribution in [3.8, 4) is 0 Å². The van der Waals surface area contributed by atoms with Crippen LogP contribution in [0, 0.1) is 0 Å². The minimum absolute atomic E-state index is 0.0787. The predicted molar refractivity (Wildman–Crippen MR) is 93.8 cm³/mol. The lowest BCUT2D eigenvalue weighted by Gasteiger charge is -2.15. The molecular weight excluding hydrogens is 328 g/mol. The molecule has 0 spiro atoms. The number of hydrogen-bond acceptors (Lipinski definition) is 3. The molecule has 2 aromatic carbocycles. The number of urea groups is 1. The van der Waals surface area contributed by atoms with Crippen molar-refractivity contribution in [1.29, 1.82) is 0 Å². The van der Waals surface area contributed by atoms with Crippen molar-refractivity contribution in [3.05, 3.63) is 70.2 Å². The molecule has 24 heavy (non-hydrogen) atoms. The van der Waals surface area contributed by atoms with Crippen LogP contribution < -0.4 is 10.6 Å². The Labute approximate surface area is 146 Å². The molecule has 0 aliphatic heterocycles. The van der Waals surface area contributed by atoms with E-state index in [2.05, 4.69) is 10.6 Å². The van der Waals surface area contributed by atoms with Gasteiger partial charge in [-0.3, -0.25) is 0 Å². The standard InChI is InChI=1S/C18H21ClN2O3/c1-24-12-14-7-3-2-6-13(14)10-20-18(23)21-11-17(22)15-8-4-5-9-16(15)19/h2-9,17,22H,10-12H2,1H3,(H2,20,21,23). The summed E-state index contributed by atoms with van der Waals surface area (Å²) in [6, 6.07) is 14.4. The fourth-order valence-electron chi connectivity index (χ4n) is 2.31. The van der Waals surface area contributed by atoms with Gasteiger partial charge in [-0.05, 0) is 17.2 Å². The van der Waals surface area contributed by atoms with Crippen LogP contribution in [0.4, 0.5) is 4.79 Å². The van der Waals surface area contributed by atoms with Crippen LogP contribution in [0.25, 0.3) is 0 Å². The number of aliphatic hydroxyl groups is 1. The lowest BCUT2D eigenvalue weighted by atomic mass is 10.1. The fourth-order valence-corrected chi connectivity index (χ4v) is 2.57. The molecule has 2 rings (SSSR count). The molecule has 1 atom stereocenters. The molecule has 2 amide bonds. The van der Waals surface area contributed by atoms with Crippen LogP contribution in [-0.4, -0.2) is 24.8 Å². The smallest absolute Gasteiger partial charge is 0.315 e. The summed E-state index contributed by atoms with van der Waals surface area (Å²) in [5, 5.41) is 16.0. The van der Waals surface area contributed by atoms with Gasteiger partial charge in [-0.2, -0.15) is 0 Å². The highest BCUT2D eigenvalue weighted by atomic mass is 35.5. The number of rotatable bonds is 7. The quantitative estimate of drug-likeness (QED) is 0.720. The third kappa shape index (κ3) is 5.23. The highest BCUT2D eigenvalue weighted by Crippen LogP contribution is 2.21. The lowest BCUT2D eigenvalue weighted by molar-refractivity contribution is 0.173. The number of nitrogens with one attached hydrogen (secondary N) is 2. The Bertz CT molecular complexity index is 679. The number of methoxy groups -OCH3 is 1. The Balaban J connectivity index is 1.83. The van der Waals surface area contributed by atoms with Gasteiger partial charge in [-0.25, -0.2) is 4.79 Å². The molecule has 0 aliphatic carbocycles. The summed E-state index contributed by atoms with van der Waals surface area (Å²) in [5.41, 5.74) is 2.60. The highest BCUT2D eigenvalue weighted by molar-refractivity contribution is 6.31. The van der Waals surface area contributed by atoms with E-state index in [9.17, 15) is 9.90 Å². The van der Waals surface area contributed by atoms with Crippen LogP contribution in [0.15, 0.2) is 48.5 Å². The first-order valence-corrected chi connectivity index (χ1v) is 7.99. The SMILES string of the molecule is COCc1ccccc1CNC(=O)NCC(O)c1ccccc1Cl. The minimum atomic E-state index is -0.856. The first kappa shape index (κ1) is 18.3. The zero-order chi connectivity index (χ0) is 17.4. The van der Waals surface area contributed by atoms with Gasteiger partial charge >= 0.3 is 6.03 Å². The van der Waals surface area contributed by atoms with Crippen LogP contribution in [0.1, 0.15) is 22.8 Å².